The Morgan fingerprint density at radius 1 is 1.13 bits per heavy atom. The molecule has 7 heteroatoms. The van der Waals surface area contributed by atoms with Crippen molar-refractivity contribution in [1.82, 2.24) is 14.0 Å². The van der Waals surface area contributed by atoms with Crippen molar-refractivity contribution in [2.75, 3.05) is 19.7 Å². The number of fused-ring (bicyclic) bond motifs is 4. The zero-order valence-corrected chi connectivity index (χ0v) is 18.1. The lowest BCUT2D eigenvalue weighted by Crippen LogP contribution is -2.49. The van der Waals surface area contributed by atoms with Crippen LogP contribution < -0.4 is 5.56 Å². The van der Waals surface area contributed by atoms with E-state index < -0.39 is 0 Å². The number of hydrogen-bond acceptors (Lipinski definition) is 4. The minimum absolute atomic E-state index is 0.0350. The summed E-state index contributed by atoms with van der Waals surface area (Å²) in [6.45, 7) is 10.2. The number of esters is 1. The molecule has 4 heterocycles. The number of carbonyl (C=O) groups is 2. The number of piperidine rings is 1. The molecule has 0 radical (unpaired) electrons. The van der Waals surface area contributed by atoms with Crippen molar-refractivity contribution in [3.05, 3.63) is 56.8 Å². The molecule has 0 spiro atoms. The maximum absolute atomic E-state index is 13.6. The van der Waals surface area contributed by atoms with Gasteiger partial charge < -0.3 is 18.8 Å². The van der Waals surface area contributed by atoms with Crippen molar-refractivity contribution in [2.45, 2.75) is 53.1 Å². The van der Waals surface area contributed by atoms with Gasteiger partial charge in [-0.1, -0.05) is 6.07 Å². The first kappa shape index (κ1) is 20.4. The molecule has 2 aromatic rings. The van der Waals surface area contributed by atoms with Crippen LogP contribution in [0.3, 0.4) is 0 Å². The number of nitrogens with zero attached hydrogens (tertiary/aromatic N) is 3. The van der Waals surface area contributed by atoms with E-state index in [0.29, 0.717) is 49.6 Å². The van der Waals surface area contributed by atoms with Crippen molar-refractivity contribution in [3.63, 3.8) is 0 Å². The van der Waals surface area contributed by atoms with Gasteiger partial charge in [0.25, 0.3) is 11.5 Å². The molecule has 2 atom stereocenters. The van der Waals surface area contributed by atoms with E-state index in [9.17, 15) is 14.4 Å². The van der Waals surface area contributed by atoms with Gasteiger partial charge in [0.05, 0.1) is 12.2 Å². The maximum Gasteiger partial charge on any atom is 0.355 e. The van der Waals surface area contributed by atoms with Crippen molar-refractivity contribution < 1.29 is 14.3 Å². The van der Waals surface area contributed by atoms with Gasteiger partial charge in [0, 0.05) is 49.6 Å². The molecular weight excluding hydrogens is 382 g/mol. The summed E-state index contributed by atoms with van der Waals surface area (Å²) in [5.41, 5.74) is 3.61. The predicted molar refractivity (Wildman–Crippen MR) is 113 cm³/mol. The lowest BCUT2D eigenvalue weighted by atomic mass is 9.83. The summed E-state index contributed by atoms with van der Waals surface area (Å²) in [6.07, 6.45) is 0.995. The van der Waals surface area contributed by atoms with E-state index in [1.54, 1.807) is 19.1 Å². The van der Waals surface area contributed by atoms with Crippen LogP contribution in [0.5, 0.6) is 0 Å². The molecule has 2 aliphatic rings. The Morgan fingerprint density at radius 2 is 1.90 bits per heavy atom. The van der Waals surface area contributed by atoms with Crippen LogP contribution in [0, 0.1) is 19.8 Å². The van der Waals surface area contributed by atoms with Crippen molar-refractivity contribution in [3.8, 4) is 0 Å². The molecule has 1 fully saturated rings. The molecule has 2 unspecified atom stereocenters. The summed E-state index contributed by atoms with van der Waals surface area (Å²) in [6, 6.07) is 5.40. The normalized spacial score (nSPS) is 20.1. The molecule has 0 N–H and O–H groups in total. The molecule has 2 bridgehead atoms. The summed E-state index contributed by atoms with van der Waals surface area (Å²) < 4.78 is 8.98. The summed E-state index contributed by atoms with van der Waals surface area (Å²) in [5, 5.41) is 0. The number of hydrogen-bond donors (Lipinski definition) is 0. The first-order valence-corrected chi connectivity index (χ1v) is 10.7. The Balaban J connectivity index is 1.68. The largest absolute Gasteiger partial charge is 0.461 e. The lowest BCUT2D eigenvalue weighted by Gasteiger charge is -2.42. The van der Waals surface area contributed by atoms with E-state index in [0.717, 1.165) is 17.8 Å². The summed E-state index contributed by atoms with van der Waals surface area (Å²) in [4.78, 5) is 40.3. The Hall–Kier alpha value is -2.83. The van der Waals surface area contributed by atoms with E-state index >= 15 is 0 Å². The van der Waals surface area contributed by atoms with Crippen LogP contribution in [-0.2, 0) is 17.8 Å². The second kappa shape index (κ2) is 7.78. The SMILES string of the molecule is CCOC(=O)c1c(C)c(C(=O)N2CC3CC(C2)c2cccc(=O)n2C3)c(C)n1CC. The Labute approximate surface area is 176 Å². The highest BCUT2D eigenvalue weighted by molar-refractivity contribution is 6.01. The van der Waals surface area contributed by atoms with Crippen LogP contribution in [0.15, 0.2) is 23.0 Å². The average molecular weight is 412 g/mol. The molecule has 1 amide bonds. The summed E-state index contributed by atoms with van der Waals surface area (Å²) in [5.74, 6) is -0.000516. The molecule has 30 heavy (non-hydrogen) atoms. The fourth-order valence-corrected chi connectivity index (χ4v) is 5.29. The first-order valence-electron chi connectivity index (χ1n) is 10.7. The number of amides is 1. The first-order chi connectivity index (χ1) is 14.4. The molecule has 2 aliphatic heterocycles. The Bertz CT molecular complexity index is 1070. The van der Waals surface area contributed by atoms with Crippen LogP contribution in [-0.4, -0.2) is 45.6 Å². The number of pyridine rings is 1. The second-order valence-electron chi connectivity index (χ2n) is 8.31. The zero-order valence-electron chi connectivity index (χ0n) is 18.1. The van der Waals surface area contributed by atoms with E-state index in [1.807, 2.05) is 40.9 Å². The van der Waals surface area contributed by atoms with E-state index in [-0.39, 0.29) is 29.3 Å². The minimum Gasteiger partial charge on any atom is -0.461 e. The topological polar surface area (TPSA) is 73.5 Å². The zero-order chi connectivity index (χ0) is 21.6. The van der Waals surface area contributed by atoms with Crippen molar-refractivity contribution in [2.24, 2.45) is 5.92 Å². The fraction of sp³-hybridized carbons (Fsp3) is 0.522. The molecule has 0 aromatic carbocycles. The Morgan fingerprint density at radius 3 is 2.60 bits per heavy atom. The van der Waals surface area contributed by atoms with E-state index in [2.05, 4.69) is 0 Å². The summed E-state index contributed by atoms with van der Waals surface area (Å²) >= 11 is 0. The molecule has 0 saturated carbocycles. The van der Waals surface area contributed by atoms with Gasteiger partial charge >= 0.3 is 5.97 Å². The molecule has 0 aliphatic carbocycles. The van der Waals surface area contributed by atoms with E-state index in [4.69, 9.17) is 4.74 Å². The smallest absolute Gasteiger partial charge is 0.355 e. The quantitative estimate of drug-likeness (QED) is 0.725. The van der Waals surface area contributed by atoms with Crippen LogP contribution in [0.25, 0.3) is 0 Å². The number of carbonyl (C=O) groups excluding carboxylic acids is 2. The van der Waals surface area contributed by atoms with E-state index in [1.165, 1.54) is 0 Å². The van der Waals surface area contributed by atoms with Crippen molar-refractivity contribution in [1.29, 1.82) is 0 Å². The Kier molecular flexibility index (Phi) is 5.30. The van der Waals surface area contributed by atoms with Gasteiger partial charge in [-0.3, -0.25) is 9.59 Å². The molecule has 4 rings (SSSR count). The number of likely N-dealkylation sites (tertiary alicyclic amines) is 1. The van der Waals surface area contributed by atoms with Crippen LogP contribution in [0.1, 0.15) is 64.0 Å². The van der Waals surface area contributed by atoms with Gasteiger partial charge in [0.1, 0.15) is 5.69 Å². The van der Waals surface area contributed by atoms with Gasteiger partial charge in [-0.2, -0.15) is 0 Å². The molecule has 1 saturated heterocycles. The predicted octanol–water partition coefficient (Wildman–Crippen LogP) is 2.72. The highest BCUT2D eigenvalue weighted by Gasteiger charge is 2.38. The number of aromatic nitrogens is 2. The standard InChI is InChI=1S/C23H29N3O4/c1-5-25-15(4)20(14(3)21(25)23(29)30-6-2)22(28)24-11-16-10-17(13-24)18-8-7-9-19(27)26(18)12-16/h7-9,16-17H,5-6,10-13H2,1-4H3. The molecule has 2 aromatic heterocycles. The van der Waals surface area contributed by atoms with Gasteiger partial charge in [0.2, 0.25) is 0 Å². The van der Waals surface area contributed by atoms with Gasteiger partial charge in [-0.05, 0) is 51.7 Å². The summed E-state index contributed by atoms with van der Waals surface area (Å²) in [7, 11) is 0. The third kappa shape index (κ3) is 3.16. The molecular formula is C23H29N3O4. The fourth-order valence-electron chi connectivity index (χ4n) is 5.29. The maximum atomic E-state index is 13.6. The van der Waals surface area contributed by atoms with Gasteiger partial charge in [-0.25, -0.2) is 4.79 Å². The average Bonchev–Trinajstić information content (AvgIpc) is 2.98. The van der Waals surface area contributed by atoms with Crippen molar-refractivity contribution >= 4 is 11.9 Å². The molecule has 160 valence electrons. The third-order valence-corrected chi connectivity index (χ3v) is 6.53. The van der Waals surface area contributed by atoms with Crippen LogP contribution >= 0.6 is 0 Å². The third-order valence-electron chi connectivity index (χ3n) is 6.53. The van der Waals surface area contributed by atoms with Crippen LogP contribution in [0.2, 0.25) is 0 Å². The monoisotopic (exact) mass is 411 g/mol. The van der Waals surface area contributed by atoms with Gasteiger partial charge in [0.15, 0.2) is 0 Å². The minimum atomic E-state index is -0.386. The number of rotatable bonds is 4. The lowest BCUT2D eigenvalue weighted by molar-refractivity contribution is 0.0512. The highest BCUT2D eigenvalue weighted by atomic mass is 16.5. The molecule has 7 nitrogen and oxygen atoms in total. The highest BCUT2D eigenvalue weighted by Crippen LogP contribution is 2.36. The second-order valence-corrected chi connectivity index (χ2v) is 8.31. The number of ether oxygens (including phenoxy) is 1. The van der Waals surface area contributed by atoms with Crippen LogP contribution in [0.4, 0.5) is 0 Å². The van der Waals surface area contributed by atoms with Gasteiger partial charge in [-0.15, -0.1) is 0 Å².